The number of H-pyrrole nitrogens is 1. The van der Waals surface area contributed by atoms with Gasteiger partial charge in [-0.25, -0.2) is 10.2 Å². The topological polar surface area (TPSA) is 97.1 Å². The van der Waals surface area contributed by atoms with E-state index in [1.54, 1.807) is 17.8 Å². The van der Waals surface area contributed by atoms with Crippen molar-refractivity contribution in [2.45, 2.75) is 6.54 Å². The van der Waals surface area contributed by atoms with E-state index in [0.717, 1.165) is 15.6 Å². The Morgan fingerprint density at radius 1 is 1.13 bits per heavy atom. The molecule has 0 unspecified atom stereocenters. The Balaban J connectivity index is 1.71. The van der Waals surface area contributed by atoms with E-state index in [9.17, 15) is 9.59 Å². The van der Waals surface area contributed by atoms with E-state index >= 15 is 0 Å². The van der Waals surface area contributed by atoms with Crippen molar-refractivity contribution in [2.75, 3.05) is 5.43 Å². The third kappa shape index (κ3) is 4.56. The number of aromatic nitrogens is 4. The summed E-state index contributed by atoms with van der Waals surface area (Å²) in [6, 6.07) is 19.5. The molecule has 8 nitrogen and oxygen atoms in total. The number of imidazole rings is 1. The predicted molar refractivity (Wildman–Crippen MR) is 127 cm³/mol. The lowest BCUT2D eigenvalue weighted by Gasteiger charge is -2.08. The summed E-state index contributed by atoms with van der Waals surface area (Å²) in [5.41, 5.74) is 4.46. The van der Waals surface area contributed by atoms with Gasteiger partial charge < -0.3 is 0 Å². The Bertz CT molecular complexity index is 1380. The molecule has 4 aromatic rings. The molecule has 4 rings (SSSR count). The third-order valence-corrected chi connectivity index (χ3v) is 5.08. The van der Waals surface area contributed by atoms with Crippen molar-refractivity contribution >= 4 is 45.3 Å². The Hall–Kier alpha value is -3.72. The normalized spacial score (nSPS) is 12.0. The van der Waals surface area contributed by atoms with E-state index in [1.807, 2.05) is 66.7 Å². The number of anilines is 1. The summed E-state index contributed by atoms with van der Waals surface area (Å²) in [6.45, 7) is 0.386. The Morgan fingerprint density at radius 3 is 2.52 bits per heavy atom. The van der Waals surface area contributed by atoms with Crippen LogP contribution in [0.25, 0.3) is 17.2 Å². The van der Waals surface area contributed by atoms with Crippen molar-refractivity contribution in [2.24, 2.45) is 12.1 Å². The molecule has 9 heteroatoms. The van der Waals surface area contributed by atoms with Crippen molar-refractivity contribution in [1.29, 1.82) is 0 Å². The first-order valence-corrected chi connectivity index (χ1v) is 10.3. The number of nitrogens with zero attached hydrogens (tertiary/aromatic N) is 4. The maximum Gasteiger partial charge on any atom is 0.329 e. The molecule has 2 aromatic carbocycles. The second-order valence-electron chi connectivity index (χ2n) is 6.81. The van der Waals surface area contributed by atoms with Crippen molar-refractivity contribution < 1.29 is 0 Å². The number of hydrazone groups is 1. The van der Waals surface area contributed by atoms with Gasteiger partial charge in [0.25, 0.3) is 5.56 Å². The van der Waals surface area contributed by atoms with Crippen LogP contribution in [0.1, 0.15) is 11.1 Å². The lowest BCUT2D eigenvalue weighted by Crippen LogP contribution is -2.29. The van der Waals surface area contributed by atoms with Gasteiger partial charge in [-0.2, -0.15) is 10.1 Å². The maximum absolute atomic E-state index is 12.5. The second kappa shape index (κ2) is 8.97. The molecule has 0 spiro atoms. The standard InChI is InChI=1S/C22H19BrN6O2/c1-28-19-18(20(30)26-22(28)31)29(14-16-10-6-3-7-11-16)21(25-19)27-24-13-17(23)12-15-8-4-2-5-9-15/h2-13H,14H2,1H3,(H,25,27)(H,26,30,31)/b17-12+,24-13+. The van der Waals surface area contributed by atoms with Crippen LogP contribution >= 0.6 is 15.9 Å². The van der Waals surface area contributed by atoms with Gasteiger partial charge in [0, 0.05) is 11.5 Å². The van der Waals surface area contributed by atoms with Crippen LogP contribution in [-0.4, -0.2) is 25.3 Å². The van der Waals surface area contributed by atoms with Crippen LogP contribution in [0.15, 0.2) is 79.8 Å². The molecular formula is C22H19BrN6O2. The molecule has 0 saturated heterocycles. The number of nitrogens with one attached hydrogen (secondary N) is 2. The maximum atomic E-state index is 12.5. The molecule has 0 amide bonds. The number of hydrogen-bond donors (Lipinski definition) is 2. The fourth-order valence-corrected chi connectivity index (χ4v) is 3.50. The molecule has 0 fully saturated rings. The zero-order valence-electron chi connectivity index (χ0n) is 16.6. The molecular weight excluding hydrogens is 460 g/mol. The number of aryl methyl sites for hydroxylation is 1. The van der Waals surface area contributed by atoms with Crippen LogP contribution < -0.4 is 16.7 Å². The van der Waals surface area contributed by atoms with Gasteiger partial charge in [0.1, 0.15) is 0 Å². The number of rotatable bonds is 6. The van der Waals surface area contributed by atoms with Gasteiger partial charge in [-0.3, -0.25) is 18.9 Å². The largest absolute Gasteiger partial charge is 0.329 e. The highest BCUT2D eigenvalue weighted by molar-refractivity contribution is 9.12. The van der Waals surface area contributed by atoms with Gasteiger partial charge in [-0.05, 0) is 33.1 Å². The second-order valence-corrected chi connectivity index (χ2v) is 7.72. The number of halogens is 1. The van der Waals surface area contributed by atoms with E-state index in [0.29, 0.717) is 18.0 Å². The molecule has 0 saturated carbocycles. The van der Waals surface area contributed by atoms with Crippen LogP contribution in [0.2, 0.25) is 0 Å². The Morgan fingerprint density at radius 2 is 1.81 bits per heavy atom. The van der Waals surface area contributed by atoms with E-state index < -0.39 is 11.2 Å². The number of aromatic amines is 1. The molecule has 0 bridgehead atoms. The molecule has 0 aliphatic carbocycles. The number of allylic oxidation sites excluding steroid dienone is 1. The molecule has 2 heterocycles. The van der Waals surface area contributed by atoms with Gasteiger partial charge in [-0.15, -0.1) is 0 Å². The van der Waals surface area contributed by atoms with Crippen LogP contribution in [0.4, 0.5) is 5.95 Å². The van der Waals surface area contributed by atoms with E-state index in [1.165, 1.54) is 4.57 Å². The Labute approximate surface area is 185 Å². The highest BCUT2D eigenvalue weighted by Gasteiger charge is 2.17. The molecule has 0 aliphatic heterocycles. The zero-order valence-corrected chi connectivity index (χ0v) is 18.2. The quantitative estimate of drug-likeness (QED) is 0.328. The summed E-state index contributed by atoms with van der Waals surface area (Å²) < 4.78 is 3.76. The third-order valence-electron chi connectivity index (χ3n) is 4.65. The minimum absolute atomic E-state index is 0.279. The van der Waals surface area contributed by atoms with Gasteiger partial charge in [-0.1, -0.05) is 60.7 Å². The number of benzene rings is 2. The summed E-state index contributed by atoms with van der Waals surface area (Å²) in [5, 5.41) is 4.24. The first kappa shape index (κ1) is 20.5. The highest BCUT2D eigenvalue weighted by atomic mass is 79.9. The predicted octanol–water partition coefficient (Wildman–Crippen LogP) is 3.31. The van der Waals surface area contributed by atoms with Crippen molar-refractivity contribution in [3.05, 3.63) is 97.1 Å². The smallest absolute Gasteiger partial charge is 0.298 e. The monoisotopic (exact) mass is 478 g/mol. The number of fused-ring (bicyclic) bond motifs is 1. The summed E-state index contributed by atoms with van der Waals surface area (Å²) >= 11 is 3.47. The molecule has 31 heavy (non-hydrogen) atoms. The van der Waals surface area contributed by atoms with Gasteiger partial charge in [0.15, 0.2) is 11.2 Å². The molecule has 0 radical (unpaired) electrons. The van der Waals surface area contributed by atoms with Gasteiger partial charge in [0.2, 0.25) is 5.95 Å². The molecule has 0 aliphatic rings. The van der Waals surface area contributed by atoms with Crippen LogP contribution in [0.5, 0.6) is 0 Å². The van der Waals surface area contributed by atoms with E-state index in [-0.39, 0.29) is 5.65 Å². The zero-order chi connectivity index (χ0) is 21.8. The summed E-state index contributed by atoms with van der Waals surface area (Å²) in [7, 11) is 1.56. The molecule has 2 aromatic heterocycles. The first-order chi connectivity index (χ1) is 15.0. The van der Waals surface area contributed by atoms with E-state index in [4.69, 9.17) is 0 Å². The van der Waals surface area contributed by atoms with Crippen molar-refractivity contribution in [1.82, 2.24) is 19.1 Å². The minimum atomic E-state index is -0.523. The molecule has 0 atom stereocenters. The lowest BCUT2D eigenvalue weighted by molar-refractivity contribution is 0.808. The van der Waals surface area contributed by atoms with Crippen LogP contribution in [0.3, 0.4) is 0 Å². The summed E-state index contributed by atoms with van der Waals surface area (Å²) in [5.74, 6) is 0.349. The summed E-state index contributed by atoms with van der Waals surface area (Å²) in [4.78, 5) is 31.3. The van der Waals surface area contributed by atoms with Gasteiger partial charge >= 0.3 is 5.69 Å². The highest BCUT2D eigenvalue weighted by Crippen LogP contribution is 2.18. The average Bonchev–Trinajstić information content (AvgIpc) is 3.12. The fourth-order valence-electron chi connectivity index (χ4n) is 3.14. The van der Waals surface area contributed by atoms with E-state index in [2.05, 4.69) is 36.4 Å². The van der Waals surface area contributed by atoms with Crippen LogP contribution in [0, 0.1) is 0 Å². The number of hydrogen-bond acceptors (Lipinski definition) is 5. The fraction of sp³-hybridized carbons (Fsp3) is 0.0909. The van der Waals surface area contributed by atoms with Crippen molar-refractivity contribution in [3.8, 4) is 0 Å². The van der Waals surface area contributed by atoms with Crippen molar-refractivity contribution in [3.63, 3.8) is 0 Å². The minimum Gasteiger partial charge on any atom is -0.298 e. The molecule has 156 valence electrons. The first-order valence-electron chi connectivity index (χ1n) is 9.48. The van der Waals surface area contributed by atoms with Gasteiger partial charge in [0.05, 0.1) is 12.8 Å². The lowest BCUT2D eigenvalue weighted by atomic mass is 10.2. The summed E-state index contributed by atoms with van der Waals surface area (Å²) in [6.07, 6.45) is 3.52. The Kier molecular flexibility index (Phi) is 5.94. The van der Waals surface area contributed by atoms with Crippen LogP contribution in [-0.2, 0) is 13.6 Å². The molecule has 2 N–H and O–H groups in total. The SMILES string of the molecule is Cn1c(=O)[nH]c(=O)c2c1nc(N/N=C/C(Br)=C\c1ccccc1)n2Cc1ccccc1. The average molecular weight is 479 g/mol.